The molecule has 1 amide bonds. The number of halogens is 3. The zero-order valence-corrected chi connectivity index (χ0v) is 22.4. The highest BCUT2D eigenvalue weighted by Gasteiger charge is 2.35. The molecule has 0 spiro atoms. The Morgan fingerprint density at radius 3 is 2.38 bits per heavy atom. The van der Waals surface area contributed by atoms with Crippen LogP contribution in [-0.2, 0) is 16.3 Å². The number of unbranched alkanes of at least 4 members (excludes halogenated alkanes) is 1. The van der Waals surface area contributed by atoms with Gasteiger partial charge in [0.25, 0.3) is 0 Å². The second kappa shape index (κ2) is 11.4. The fraction of sp³-hybridized carbons (Fsp3) is 0.290. The van der Waals surface area contributed by atoms with Crippen molar-refractivity contribution >= 4 is 35.0 Å². The SMILES string of the molecule is CCCCOC(=O)Nc1ccccc1-c1cc2nc(/C=C/c3ccc(C(C)(C)C)cc3)[nH]c2cc1C(F)(F)F. The molecular weight excluding hydrogens is 503 g/mol. The van der Waals surface area contributed by atoms with E-state index < -0.39 is 17.8 Å². The fourth-order valence-corrected chi connectivity index (χ4v) is 4.16. The zero-order chi connectivity index (χ0) is 28.2. The lowest BCUT2D eigenvalue weighted by Gasteiger charge is -2.18. The number of nitrogens with zero attached hydrogens (tertiary/aromatic N) is 1. The van der Waals surface area contributed by atoms with Crippen LogP contribution in [0, 0.1) is 0 Å². The van der Waals surface area contributed by atoms with Crippen molar-refractivity contribution < 1.29 is 22.7 Å². The summed E-state index contributed by atoms with van der Waals surface area (Å²) >= 11 is 0. The number of imidazole rings is 1. The van der Waals surface area contributed by atoms with E-state index in [0.717, 1.165) is 18.1 Å². The standard InChI is InChI=1S/C31H32F3N3O2/c1-5-6-17-39-29(38)37-25-10-8-7-9-22(25)23-18-26-27(19-24(23)31(32,33)34)36-28(35-26)16-13-20-11-14-21(15-12-20)30(2,3)4/h7-16,18-19H,5-6,17H2,1-4H3,(H,35,36)(H,37,38)/b16-13+. The molecule has 0 aliphatic heterocycles. The normalized spacial score (nSPS) is 12.3. The van der Waals surface area contributed by atoms with Crippen molar-refractivity contribution in [3.63, 3.8) is 0 Å². The minimum Gasteiger partial charge on any atom is -0.449 e. The number of hydrogen-bond donors (Lipinski definition) is 2. The third kappa shape index (κ3) is 6.88. The highest BCUT2D eigenvalue weighted by molar-refractivity contribution is 5.95. The summed E-state index contributed by atoms with van der Waals surface area (Å²) in [7, 11) is 0. The van der Waals surface area contributed by atoms with Gasteiger partial charge in [0.05, 0.1) is 28.9 Å². The number of nitrogens with one attached hydrogen (secondary N) is 2. The lowest BCUT2D eigenvalue weighted by molar-refractivity contribution is -0.137. The third-order valence-corrected chi connectivity index (χ3v) is 6.34. The smallest absolute Gasteiger partial charge is 0.417 e. The highest BCUT2D eigenvalue weighted by atomic mass is 19.4. The fourth-order valence-electron chi connectivity index (χ4n) is 4.16. The monoisotopic (exact) mass is 535 g/mol. The largest absolute Gasteiger partial charge is 0.449 e. The molecular formula is C31H32F3N3O2. The van der Waals surface area contributed by atoms with Crippen LogP contribution in [0.15, 0.2) is 60.7 Å². The number of benzene rings is 3. The van der Waals surface area contributed by atoms with Crippen molar-refractivity contribution in [2.75, 3.05) is 11.9 Å². The molecule has 2 N–H and O–H groups in total. The van der Waals surface area contributed by atoms with Crippen LogP contribution < -0.4 is 5.32 Å². The molecule has 39 heavy (non-hydrogen) atoms. The predicted octanol–water partition coefficient (Wildman–Crippen LogP) is 9.07. The maximum absolute atomic E-state index is 14.2. The van der Waals surface area contributed by atoms with E-state index in [-0.39, 0.29) is 34.4 Å². The Morgan fingerprint density at radius 2 is 1.72 bits per heavy atom. The number of aromatic amines is 1. The van der Waals surface area contributed by atoms with Crippen molar-refractivity contribution in [3.05, 3.63) is 83.2 Å². The van der Waals surface area contributed by atoms with E-state index in [9.17, 15) is 18.0 Å². The molecule has 0 saturated carbocycles. The summed E-state index contributed by atoms with van der Waals surface area (Å²) in [4.78, 5) is 19.7. The average molecular weight is 536 g/mol. The Morgan fingerprint density at radius 1 is 1.00 bits per heavy atom. The maximum atomic E-state index is 14.2. The lowest BCUT2D eigenvalue weighted by atomic mass is 9.87. The molecule has 0 bridgehead atoms. The first-order valence-electron chi connectivity index (χ1n) is 12.9. The van der Waals surface area contributed by atoms with E-state index in [1.807, 2.05) is 25.1 Å². The molecule has 0 fully saturated rings. The van der Waals surface area contributed by atoms with Crippen LogP contribution in [0.4, 0.5) is 23.7 Å². The van der Waals surface area contributed by atoms with E-state index in [0.29, 0.717) is 17.8 Å². The van der Waals surface area contributed by atoms with E-state index in [4.69, 9.17) is 4.74 Å². The molecule has 4 rings (SSSR count). The first-order chi connectivity index (χ1) is 18.5. The number of aromatic nitrogens is 2. The molecule has 1 aromatic heterocycles. The van der Waals surface area contributed by atoms with Gasteiger partial charge >= 0.3 is 12.3 Å². The molecule has 204 valence electrons. The van der Waals surface area contributed by atoms with Crippen LogP contribution >= 0.6 is 0 Å². The number of amides is 1. The van der Waals surface area contributed by atoms with Crippen LogP contribution in [0.25, 0.3) is 34.3 Å². The second-order valence-corrected chi connectivity index (χ2v) is 10.4. The van der Waals surface area contributed by atoms with Gasteiger partial charge in [0.15, 0.2) is 0 Å². The number of hydrogen-bond acceptors (Lipinski definition) is 3. The Kier molecular flexibility index (Phi) is 8.14. The van der Waals surface area contributed by atoms with Crippen molar-refractivity contribution in [3.8, 4) is 11.1 Å². The topological polar surface area (TPSA) is 67.0 Å². The van der Waals surface area contributed by atoms with Crippen molar-refractivity contribution in [2.45, 2.75) is 52.1 Å². The molecule has 0 unspecified atom stereocenters. The summed E-state index contributed by atoms with van der Waals surface area (Å²) in [5, 5.41) is 2.58. The number of H-pyrrole nitrogens is 1. The number of para-hydroxylation sites is 1. The van der Waals surface area contributed by atoms with Gasteiger partial charge in [0.2, 0.25) is 0 Å². The average Bonchev–Trinajstić information content (AvgIpc) is 3.28. The van der Waals surface area contributed by atoms with Crippen LogP contribution in [0.2, 0.25) is 0 Å². The molecule has 0 saturated heterocycles. The summed E-state index contributed by atoms with van der Waals surface area (Å²) in [5.41, 5.74) is 2.36. The third-order valence-electron chi connectivity index (χ3n) is 6.34. The Balaban J connectivity index is 1.68. The van der Waals surface area contributed by atoms with Crippen molar-refractivity contribution in [1.82, 2.24) is 9.97 Å². The van der Waals surface area contributed by atoms with Crippen LogP contribution in [-0.4, -0.2) is 22.7 Å². The van der Waals surface area contributed by atoms with E-state index >= 15 is 0 Å². The Labute approximate surface area is 226 Å². The van der Waals surface area contributed by atoms with Gasteiger partial charge < -0.3 is 9.72 Å². The number of carbonyl (C=O) groups is 1. The molecule has 1 heterocycles. The lowest BCUT2D eigenvalue weighted by Crippen LogP contribution is -2.15. The summed E-state index contributed by atoms with van der Waals surface area (Å²) in [5.74, 6) is 0.432. The minimum absolute atomic E-state index is 0.0401. The molecule has 0 aliphatic carbocycles. The summed E-state index contributed by atoms with van der Waals surface area (Å²) in [6.07, 6.45) is -0.201. The van der Waals surface area contributed by atoms with Gasteiger partial charge in [0, 0.05) is 5.56 Å². The first-order valence-corrected chi connectivity index (χ1v) is 12.9. The zero-order valence-electron chi connectivity index (χ0n) is 22.4. The number of fused-ring (bicyclic) bond motifs is 1. The van der Waals surface area contributed by atoms with Gasteiger partial charge in [0.1, 0.15) is 5.82 Å². The maximum Gasteiger partial charge on any atom is 0.417 e. The van der Waals surface area contributed by atoms with E-state index in [1.165, 1.54) is 17.7 Å². The summed E-state index contributed by atoms with van der Waals surface area (Å²) in [6, 6.07) is 16.9. The van der Waals surface area contributed by atoms with Gasteiger partial charge in [-0.3, -0.25) is 5.32 Å². The number of alkyl halides is 3. The Bertz CT molecular complexity index is 1480. The number of ether oxygens (including phenoxy) is 1. The molecule has 5 nitrogen and oxygen atoms in total. The first kappa shape index (κ1) is 28.0. The Hall–Kier alpha value is -4.07. The van der Waals surface area contributed by atoms with Gasteiger partial charge in [-0.2, -0.15) is 13.2 Å². The molecule has 4 aromatic rings. The number of anilines is 1. The van der Waals surface area contributed by atoms with E-state index in [2.05, 4.69) is 48.2 Å². The predicted molar refractivity (Wildman–Crippen MR) is 150 cm³/mol. The number of carbonyl (C=O) groups excluding carboxylic acids is 1. The minimum atomic E-state index is -4.63. The second-order valence-electron chi connectivity index (χ2n) is 10.4. The summed E-state index contributed by atoms with van der Waals surface area (Å²) in [6.45, 7) is 8.62. The number of rotatable bonds is 7. The molecule has 0 atom stereocenters. The van der Waals surface area contributed by atoms with Gasteiger partial charge in [-0.25, -0.2) is 9.78 Å². The van der Waals surface area contributed by atoms with E-state index in [1.54, 1.807) is 24.3 Å². The molecule has 0 aliphatic rings. The highest BCUT2D eigenvalue weighted by Crippen LogP contribution is 2.41. The van der Waals surface area contributed by atoms with Crippen LogP contribution in [0.1, 0.15) is 63.1 Å². The van der Waals surface area contributed by atoms with Gasteiger partial charge in [-0.05, 0) is 52.8 Å². The molecule has 8 heteroatoms. The van der Waals surface area contributed by atoms with Crippen molar-refractivity contribution in [1.29, 1.82) is 0 Å². The molecule has 3 aromatic carbocycles. The van der Waals surface area contributed by atoms with Gasteiger partial charge in [-0.15, -0.1) is 0 Å². The van der Waals surface area contributed by atoms with Gasteiger partial charge in [-0.1, -0.05) is 82.7 Å². The quantitative estimate of drug-likeness (QED) is 0.232. The van der Waals surface area contributed by atoms with Crippen LogP contribution in [0.3, 0.4) is 0 Å². The van der Waals surface area contributed by atoms with Crippen molar-refractivity contribution in [2.24, 2.45) is 0 Å². The molecule has 0 radical (unpaired) electrons. The van der Waals surface area contributed by atoms with Crippen LogP contribution in [0.5, 0.6) is 0 Å². The summed E-state index contributed by atoms with van der Waals surface area (Å²) < 4.78 is 47.7.